The zero-order chi connectivity index (χ0) is 18.8. The fourth-order valence-electron chi connectivity index (χ4n) is 2.04. The van der Waals surface area contributed by atoms with Gasteiger partial charge in [-0.1, -0.05) is 0 Å². The Labute approximate surface area is 149 Å². The number of carbonyl (C=O) groups is 2. The van der Waals surface area contributed by atoms with Crippen LogP contribution in [0.3, 0.4) is 0 Å². The van der Waals surface area contributed by atoms with Gasteiger partial charge in [0.25, 0.3) is 0 Å². The molecule has 1 heterocycles. The van der Waals surface area contributed by atoms with Crippen LogP contribution in [-0.4, -0.2) is 21.6 Å². The lowest BCUT2D eigenvalue weighted by Gasteiger charge is -2.08. The highest BCUT2D eigenvalue weighted by Gasteiger charge is 2.38. The van der Waals surface area contributed by atoms with Crippen molar-refractivity contribution < 1.29 is 22.8 Å². The largest absolute Gasteiger partial charge is 0.436 e. The van der Waals surface area contributed by atoms with Crippen molar-refractivity contribution in [2.45, 2.75) is 26.6 Å². The SMILES string of the molecule is CC(=O)Nc1ccc(NC(=O)Cn2nc(C(F)(F)F)c(Br)c2C)cc1. The van der Waals surface area contributed by atoms with Gasteiger partial charge < -0.3 is 10.6 Å². The first-order chi connectivity index (χ1) is 11.6. The van der Waals surface area contributed by atoms with E-state index < -0.39 is 17.8 Å². The van der Waals surface area contributed by atoms with E-state index in [-0.39, 0.29) is 22.6 Å². The summed E-state index contributed by atoms with van der Waals surface area (Å²) in [6.45, 7) is 2.44. The van der Waals surface area contributed by atoms with E-state index >= 15 is 0 Å². The van der Waals surface area contributed by atoms with Gasteiger partial charge in [0.15, 0.2) is 5.69 Å². The summed E-state index contributed by atoms with van der Waals surface area (Å²) in [5.41, 5.74) is 0.132. The molecule has 1 aromatic carbocycles. The topological polar surface area (TPSA) is 76.0 Å². The van der Waals surface area contributed by atoms with Gasteiger partial charge in [-0.25, -0.2) is 0 Å². The highest BCUT2D eigenvalue weighted by Crippen LogP contribution is 2.35. The third kappa shape index (κ3) is 4.81. The Hall–Kier alpha value is -2.36. The Morgan fingerprint density at radius 3 is 2.12 bits per heavy atom. The zero-order valence-corrected chi connectivity index (χ0v) is 14.8. The van der Waals surface area contributed by atoms with Gasteiger partial charge in [0.1, 0.15) is 6.54 Å². The van der Waals surface area contributed by atoms with Crippen LogP contribution in [0.4, 0.5) is 24.5 Å². The molecule has 6 nitrogen and oxygen atoms in total. The first kappa shape index (κ1) is 19.0. The average molecular weight is 419 g/mol. The second-order valence-electron chi connectivity index (χ2n) is 5.21. The third-order valence-electron chi connectivity index (χ3n) is 3.18. The van der Waals surface area contributed by atoms with Crippen LogP contribution in [-0.2, 0) is 22.3 Å². The summed E-state index contributed by atoms with van der Waals surface area (Å²) in [6.07, 6.45) is -4.61. The molecular weight excluding hydrogens is 405 g/mol. The van der Waals surface area contributed by atoms with E-state index in [4.69, 9.17) is 0 Å². The lowest BCUT2D eigenvalue weighted by atomic mass is 10.2. The van der Waals surface area contributed by atoms with Crippen molar-refractivity contribution in [3.8, 4) is 0 Å². The number of halogens is 4. The molecule has 0 saturated carbocycles. The number of rotatable bonds is 4. The van der Waals surface area contributed by atoms with E-state index in [9.17, 15) is 22.8 Å². The first-order valence-electron chi connectivity index (χ1n) is 7.05. The predicted octanol–water partition coefficient (Wildman–Crippen LogP) is 3.57. The number of hydrogen-bond donors (Lipinski definition) is 2. The van der Waals surface area contributed by atoms with Gasteiger partial charge in [0, 0.05) is 18.3 Å². The second kappa shape index (κ2) is 7.26. The minimum Gasteiger partial charge on any atom is -0.326 e. The smallest absolute Gasteiger partial charge is 0.326 e. The fourth-order valence-corrected chi connectivity index (χ4v) is 2.54. The van der Waals surface area contributed by atoms with E-state index in [0.29, 0.717) is 11.4 Å². The summed E-state index contributed by atoms with van der Waals surface area (Å²) in [5.74, 6) is -0.754. The Morgan fingerprint density at radius 2 is 1.68 bits per heavy atom. The number of amides is 2. The number of aromatic nitrogens is 2. The fraction of sp³-hybridized carbons (Fsp3) is 0.267. The van der Waals surface area contributed by atoms with Crippen molar-refractivity contribution in [3.63, 3.8) is 0 Å². The minimum absolute atomic E-state index is 0.188. The van der Waals surface area contributed by atoms with Gasteiger partial charge in [-0.2, -0.15) is 18.3 Å². The Morgan fingerprint density at radius 1 is 1.16 bits per heavy atom. The van der Waals surface area contributed by atoms with Crippen LogP contribution in [0, 0.1) is 6.92 Å². The summed E-state index contributed by atoms with van der Waals surface area (Å²) >= 11 is 2.85. The molecule has 0 atom stereocenters. The number of carbonyl (C=O) groups excluding carboxylic acids is 2. The molecule has 25 heavy (non-hydrogen) atoms. The van der Waals surface area contributed by atoms with Gasteiger partial charge in [-0.15, -0.1) is 0 Å². The Bertz CT molecular complexity index is 800. The number of hydrogen-bond acceptors (Lipinski definition) is 3. The number of alkyl halides is 3. The molecule has 10 heteroatoms. The van der Waals surface area contributed by atoms with Crippen LogP contribution in [0.15, 0.2) is 28.7 Å². The zero-order valence-electron chi connectivity index (χ0n) is 13.2. The van der Waals surface area contributed by atoms with Crippen LogP contribution in [0.1, 0.15) is 18.3 Å². The van der Waals surface area contributed by atoms with Gasteiger partial charge in [-0.3, -0.25) is 14.3 Å². The number of nitrogens with one attached hydrogen (secondary N) is 2. The van der Waals surface area contributed by atoms with E-state index in [2.05, 4.69) is 31.7 Å². The summed E-state index contributed by atoms with van der Waals surface area (Å²) in [7, 11) is 0. The van der Waals surface area contributed by atoms with Crippen molar-refractivity contribution in [2.24, 2.45) is 0 Å². The number of nitrogens with zero attached hydrogens (tertiary/aromatic N) is 2. The van der Waals surface area contributed by atoms with E-state index in [1.165, 1.54) is 13.8 Å². The van der Waals surface area contributed by atoms with Crippen molar-refractivity contribution in [1.29, 1.82) is 0 Å². The first-order valence-corrected chi connectivity index (χ1v) is 7.85. The standard InChI is InChI=1S/C15H14BrF3N4O2/c1-8-13(16)14(15(17,18)19)22-23(8)7-12(25)21-11-5-3-10(4-6-11)20-9(2)24/h3-6H,7H2,1-2H3,(H,20,24)(H,21,25). The third-order valence-corrected chi connectivity index (χ3v) is 4.13. The monoisotopic (exact) mass is 418 g/mol. The minimum atomic E-state index is -4.61. The second-order valence-corrected chi connectivity index (χ2v) is 6.00. The maximum atomic E-state index is 12.8. The predicted molar refractivity (Wildman–Crippen MR) is 89.0 cm³/mol. The molecular formula is C15H14BrF3N4O2. The number of benzene rings is 1. The van der Waals surface area contributed by atoms with Crippen LogP contribution >= 0.6 is 15.9 Å². The molecule has 0 saturated heterocycles. The molecule has 2 N–H and O–H groups in total. The molecule has 0 unspecified atom stereocenters. The maximum absolute atomic E-state index is 12.8. The summed E-state index contributed by atoms with van der Waals surface area (Å²) in [4.78, 5) is 23.0. The van der Waals surface area contributed by atoms with Crippen LogP contribution in [0.5, 0.6) is 0 Å². The average Bonchev–Trinajstić information content (AvgIpc) is 2.77. The van der Waals surface area contributed by atoms with Crippen molar-refractivity contribution in [1.82, 2.24) is 9.78 Å². The molecule has 1 aromatic heterocycles. The van der Waals surface area contributed by atoms with Crippen LogP contribution < -0.4 is 10.6 Å². The van der Waals surface area contributed by atoms with Crippen molar-refractivity contribution in [2.75, 3.05) is 10.6 Å². The van der Waals surface area contributed by atoms with Gasteiger partial charge in [0.2, 0.25) is 11.8 Å². The molecule has 2 rings (SSSR count). The molecule has 2 amide bonds. The van der Waals surface area contributed by atoms with E-state index in [1.807, 2.05) is 0 Å². The van der Waals surface area contributed by atoms with Crippen molar-refractivity contribution >= 4 is 39.1 Å². The van der Waals surface area contributed by atoms with Crippen molar-refractivity contribution in [3.05, 3.63) is 40.1 Å². The molecule has 0 bridgehead atoms. The van der Waals surface area contributed by atoms with Crippen LogP contribution in [0.25, 0.3) is 0 Å². The lowest BCUT2D eigenvalue weighted by Crippen LogP contribution is -2.20. The highest BCUT2D eigenvalue weighted by molar-refractivity contribution is 9.10. The Balaban J connectivity index is 2.07. The van der Waals surface area contributed by atoms with Gasteiger partial charge in [0.05, 0.1) is 10.2 Å². The molecule has 0 fully saturated rings. The highest BCUT2D eigenvalue weighted by atomic mass is 79.9. The quantitative estimate of drug-likeness (QED) is 0.796. The summed E-state index contributed by atoms with van der Waals surface area (Å²) < 4.78 is 39.2. The summed E-state index contributed by atoms with van der Waals surface area (Å²) in [5, 5.41) is 8.58. The number of anilines is 2. The normalized spacial score (nSPS) is 11.3. The molecule has 0 aliphatic heterocycles. The van der Waals surface area contributed by atoms with Crippen LogP contribution in [0.2, 0.25) is 0 Å². The lowest BCUT2D eigenvalue weighted by molar-refractivity contribution is -0.142. The molecule has 0 aliphatic carbocycles. The van der Waals surface area contributed by atoms with Gasteiger partial charge >= 0.3 is 6.18 Å². The van der Waals surface area contributed by atoms with Gasteiger partial charge in [-0.05, 0) is 47.1 Å². The molecule has 0 radical (unpaired) electrons. The molecule has 0 aliphatic rings. The Kier molecular flexibility index (Phi) is 5.51. The molecule has 2 aromatic rings. The van der Waals surface area contributed by atoms with E-state index in [0.717, 1.165) is 4.68 Å². The summed E-state index contributed by atoms with van der Waals surface area (Å²) in [6, 6.07) is 6.31. The molecule has 0 spiro atoms. The maximum Gasteiger partial charge on any atom is 0.436 e. The van der Waals surface area contributed by atoms with E-state index in [1.54, 1.807) is 24.3 Å². The molecule has 134 valence electrons.